The van der Waals surface area contributed by atoms with Gasteiger partial charge in [0.15, 0.2) is 5.78 Å². The lowest BCUT2D eigenvalue weighted by molar-refractivity contribution is -0.146. The van der Waals surface area contributed by atoms with Crippen LogP contribution in [-0.2, 0) is 16.1 Å². The standard InChI is InChI=1S/C33H37N7O4/c1-22-27-19-35-33(37-31(27)40(25-10-6-7-11-25)32(43)30(22)23(2)41)36-28-13-12-26(18-34-28)39-16-14-38(15-17-39)20-29(42)44-21-24-8-4-3-5-9-24/h3-5,8-9,12-13,18-19,25H,6-7,10-11,14-17,20-21H2,1-2H3,(H,34,35,36,37). The first-order valence-corrected chi connectivity index (χ1v) is 15.2. The van der Waals surface area contributed by atoms with E-state index in [1.54, 1.807) is 17.7 Å². The Morgan fingerprint density at radius 1 is 0.977 bits per heavy atom. The van der Waals surface area contributed by atoms with E-state index in [1.807, 2.05) is 48.7 Å². The molecule has 0 amide bonds. The van der Waals surface area contributed by atoms with Crippen LogP contribution in [0.15, 0.2) is 59.7 Å². The maximum absolute atomic E-state index is 13.5. The van der Waals surface area contributed by atoms with Gasteiger partial charge in [0, 0.05) is 43.8 Å². The number of anilines is 3. The molecule has 1 N–H and O–H groups in total. The fraction of sp³-hybridized carbons (Fsp3) is 0.394. The van der Waals surface area contributed by atoms with E-state index in [0.717, 1.165) is 63.1 Å². The van der Waals surface area contributed by atoms with Crippen LogP contribution in [0.3, 0.4) is 0 Å². The summed E-state index contributed by atoms with van der Waals surface area (Å²) in [5.74, 6) is 0.465. The zero-order valence-electron chi connectivity index (χ0n) is 25.2. The van der Waals surface area contributed by atoms with Gasteiger partial charge in [0.2, 0.25) is 5.95 Å². The maximum Gasteiger partial charge on any atom is 0.320 e. The van der Waals surface area contributed by atoms with Gasteiger partial charge < -0.3 is 15.0 Å². The molecular formula is C33H37N7O4. The molecule has 4 heterocycles. The Balaban J connectivity index is 1.09. The number of fused-ring (bicyclic) bond motifs is 1. The van der Waals surface area contributed by atoms with Gasteiger partial charge in [-0.3, -0.25) is 23.9 Å². The fourth-order valence-electron chi connectivity index (χ4n) is 6.20. The molecule has 4 aromatic rings. The third kappa shape index (κ3) is 6.33. The number of carbonyl (C=O) groups is 2. The van der Waals surface area contributed by atoms with Crippen LogP contribution >= 0.6 is 0 Å². The van der Waals surface area contributed by atoms with Crippen LogP contribution in [0.1, 0.15) is 60.1 Å². The molecule has 0 atom stereocenters. The summed E-state index contributed by atoms with van der Waals surface area (Å²) in [6.45, 7) is 6.83. The van der Waals surface area contributed by atoms with Crippen LogP contribution < -0.4 is 15.8 Å². The Bertz CT molecular complexity index is 1710. The highest BCUT2D eigenvalue weighted by molar-refractivity contribution is 5.99. The number of ketones is 1. The number of esters is 1. The molecule has 1 aliphatic carbocycles. The molecular weight excluding hydrogens is 558 g/mol. The molecule has 1 aliphatic heterocycles. The summed E-state index contributed by atoms with van der Waals surface area (Å²) in [4.78, 5) is 56.3. The van der Waals surface area contributed by atoms with Gasteiger partial charge in [0.25, 0.3) is 5.56 Å². The molecule has 1 saturated carbocycles. The molecule has 2 aliphatic rings. The Morgan fingerprint density at radius 3 is 2.41 bits per heavy atom. The number of hydrogen-bond acceptors (Lipinski definition) is 10. The molecule has 1 saturated heterocycles. The average molecular weight is 596 g/mol. The number of aromatic nitrogens is 4. The van der Waals surface area contributed by atoms with Gasteiger partial charge in [-0.2, -0.15) is 4.98 Å². The third-order valence-electron chi connectivity index (χ3n) is 8.57. The number of pyridine rings is 2. The zero-order chi connectivity index (χ0) is 30.6. The molecule has 3 aromatic heterocycles. The van der Waals surface area contributed by atoms with E-state index in [9.17, 15) is 14.4 Å². The van der Waals surface area contributed by atoms with Crippen LogP contribution in [0.25, 0.3) is 11.0 Å². The summed E-state index contributed by atoms with van der Waals surface area (Å²) in [6, 6.07) is 13.6. The minimum atomic E-state index is -0.272. The predicted molar refractivity (Wildman–Crippen MR) is 168 cm³/mol. The second-order valence-electron chi connectivity index (χ2n) is 11.5. The van der Waals surface area contributed by atoms with E-state index in [2.05, 4.69) is 25.1 Å². The lowest BCUT2D eigenvalue weighted by Crippen LogP contribution is -2.48. The molecule has 0 spiro atoms. The van der Waals surface area contributed by atoms with Gasteiger partial charge in [-0.1, -0.05) is 43.2 Å². The highest BCUT2D eigenvalue weighted by Gasteiger charge is 2.26. The number of rotatable bonds is 9. The van der Waals surface area contributed by atoms with Crippen molar-refractivity contribution >= 4 is 40.2 Å². The Labute approximate surface area is 255 Å². The molecule has 1 aromatic carbocycles. The van der Waals surface area contributed by atoms with Crippen LogP contribution in [0.4, 0.5) is 17.5 Å². The molecule has 11 heteroatoms. The Hall–Kier alpha value is -4.64. The Morgan fingerprint density at radius 2 is 1.73 bits per heavy atom. The monoisotopic (exact) mass is 595 g/mol. The lowest BCUT2D eigenvalue weighted by Gasteiger charge is -2.35. The topological polar surface area (TPSA) is 123 Å². The molecule has 6 rings (SSSR count). The van der Waals surface area contributed by atoms with Crippen molar-refractivity contribution in [2.24, 2.45) is 0 Å². The van der Waals surface area contributed by atoms with Gasteiger partial charge in [-0.05, 0) is 49.9 Å². The van der Waals surface area contributed by atoms with E-state index in [1.165, 1.54) is 6.92 Å². The number of ether oxygens (including phenoxy) is 1. The van der Waals surface area contributed by atoms with E-state index in [-0.39, 0.29) is 42.1 Å². The molecule has 44 heavy (non-hydrogen) atoms. The normalized spacial score (nSPS) is 15.9. The Kier molecular flexibility index (Phi) is 8.65. The number of aryl methyl sites for hydroxylation is 1. The number of nitrogens with zero attached hydrogens (tertiary/aromatic N) is 6. The third-order valence-corrected chi connectivity index (χ3v) is 8.57. The predicted octanol–water partition coefficient (Wildman–Crippen LogP) is 4.42. The molecule has 2 fully saturated rings. The largest absolute Gasteiger partial charge is 0.460 e. The van der Waals surface area contributed by atoms with Crippen molar-refractivity contribution in [2.45, 2.75) is 52.2 Å². The lowest BCUT2D eigenvalue weighted by atomic mass is 10.0. The first kappa shape index (κ1) is 29.4. The molecule has 0 bridgehead atoms. The summed E-state index contributed by atoms with van der Waals surface area (Å²) in [6.07, 6.45) is 7.36. The minimum absolute atomic E-state index is 0.0178. The van der Waals surface area contributed by atoms with E-state index < -0.39 is 0 Å². The van der Waals surface area contributed by atoms with Gasteiger partial charge in [-0.15, -0.1) is 0 Å². The molecule has 228 valence electrons. The number of hydrogen-bond donors (Lipinski definition) is 1. The van der Waals surface area contributed by atoms with Crippen molar-refractivity contribution in [3.8, 4) is 0 Å². The van der Waals surface area contributed by atoms with Crippen LogP contribution in [0, 0.1) is 6.92 Å². The minimum Gasteiger partial charge on any atom is -0.460 e. The van der Waals surface area contributed by atoms with Gasteiger partial charge in [0.05, 0.1) is 24.0 Å². The summed E-state index contributed by atoms with van der Waals surface area (Å²) in [5, 5.41) is 3.89. The van der Waals surface area contributed by atoms with Crippen molar-refractivity contribution in [1.82, 2.24) is 24.4 Å². The van der Waals surface area contributed by atoms with E-state index >= 15 is 0 Å². The highest BCUT2D eigenvalue weighted by Crippen LogP contribution is 2.32. The van der Waals surface area contributed by atoms with Crippen molar-refractivity contribution in [1.29, 1.82) is 0 Å². The fourth-order valence-corrected chi connectivity index (χ4v) is 6.20. The van der Waals surface area contributed by atoms with Crippen LogP contribution in [0.5, 0.6) is 0 Å². The number of benzene rings is 1. The number of Topliss-reactive ketones (excluding diaryl/α,β-unsaturated/α-hetero) is 1. The first-order chi connectivity index (χ1) is 21.4. The first-order valence-electron chi connectivity index (χ1n) is 15.2. The number of piperazine rings is 1. The summed E-state index contributed by atoms with van der Waals surface area (Å²) in [5.41, 5.74) is 3.07. The van der Waals surface area contributed by atoms with Crippen LogP contribution in [0.2, 0.25) is 0 Å². The molecule has 0 radical (unpaired) electrons. The highest BCUT2D eigenvalue weighted by atomic mass is 16.5. The van der Waals surface area contributed by atoms with Crippen LogP contribution in [-0.4, -0.2) is 68.9 Å². The summed E-state index contributed by atoms with van der Waals surface area (Å²) in [7, 11) is 0. The van der Waals surface area contributed by atoms with Gasteiger partial charge in [0.1, 0.15) is 18.1 Å². The molecule has 11 nitrogen and oxygen atoms in total. The zero-order valence-corrected chi connectivity index (χ0v) is 25.2. The molecule has 0 unspecified atom stereocenters. The number of nitrogens with one attached hydrogen (secondary N) is 1. The quantitative estimate of drug-likeness (QED) is 0.220. The van der Waals surface area contributed by atoms with Crippen molar-refractivity contribution in [3.63, 3.8) is 0 Å². The van der Waals surface area contributed by atoms with E-state index in [4.69, 9.17) is 9.72 Å². The average Bonchev–Trinajstić information content (AvgIpc) is 3.56. The second-order valence-corrected chi connectivity index (χ2v) is 11.5. The summed E-state index contributed by atoms with van der Waals surface area (Å²) >= 11 is 0. The van der Waals surface area contributed by atoms with Crippen molar-refractivity contribution in [3.05, 3.63) is 81.9 Å². The second kappa shape index (κ2) is 12.9. The van der Waals surface area contributed by atoms with Crippen molar-refractivity contribution < 1.29 is 14.3 Å². The van der Waals surface area contributed by atoms with Gasteiger partial charge in [-0.25, -0.2) is 9.97 Å². The van der Waals surface area contributed by atoms with E-state index in [0.29, 0.717) is 28.4 Å². The summed E-state index contributed by atoms with van der Waals surface area (Å²) < 4.78 is 7.14. The SMILES string of the molecule is CC(=O)c1c(C)c2cnc(Nc3ccc(N4CCN(CC(=O)OCc5ccccc5)CC4)cn3)nc2n(C2CCCC2)c1=O. The smallest absolute Gasteiger partial charge is 0.320 e. The maximum atomic E-state index is 13.5. The van der Waals surface area contributed by atoms with Crippen molar-refractivity contribution in [2.75, 3.05) is 42.9 Å². The van der Waals surface area contributed by atoms with Gasteiger partial charge >= 0.3 is 5.97 Å². The number of carbonyl (C=O) groups excluding carboxylic acids is 2.